The van der Waals surface area contributed by atoms with E-state index in [1.165, 1.54) is 46.8 Å². The summed E-state index contributed by atoms with van der Waals surface area (Å²) in [7, 11) is 0. The molecule has 2 atom stereocenters. The first-order valence-electron chi connectivity index (χ1n) is 11.6. The average Bonchev–Trinajstić information content (AvgIpc) is 2.82. The van der Waals surface area contributed by atoms with Crippen LogP contribution in [-0.2, 0) is 9.59 Å². The first-order chi connectivity index (χ1) is 17.1. The van der Waals surface area contributed by atoms with E-state index in [0.29, 0.717) is 30.3 Å². The van der Waals surface area contributed by atoms with E-state index in [0.717, 1.165) is 0 Å². The minimum absolute atomic E-state index is 0.0246. The van der Waals surface area contributed by atoms with Crippen LogP contribution in [0.2, 0.25) is 0 Å². The zero-order valence-electron chi connectivity index (χ0n) is 21.4. The Hall–Kier alpha value is -4.29. The van der Waals surface area contributed by atoms with Crippen molar-refractivity contribution < 1.29 is 24.6 Å². The number of nitrogens with zero attached hydrogens (tertiary/aromatic N) is 1. The standard InChI is InChI=1S/C24H33N7O6/c1-22(2,19(34)35)23(3,4)24(5,20(36)37)31-17(32)12-6-8-13(9-7-12)26-10-14-11-27-16-15(28-14)18(33)30-21(25)29-16/h6-9,14,26,28H,10-11H2,1-5H3,(H,31,32)(H,34,35)(H,36,37)(H4,25,27,29,30,33). The van der Waals surface area contributed by atoms with Crippen LogP contribution in [-0.4, -0.2) is 62.7 Å². The highest BCUT2D eigenvalue weighted by Crippen LogP contribution is 2.47. The molecule has 2 unspecified atom stereocenters. The minimum atomic E-state index is -1.88. The Kier molecular flexibility index (Phi) is 7.11. The first kappa shape index (κ1) is 27.3. The van der Waals surface area contributed by atoms with Crippen LogP contribution in [0.25, 0.3) is 0 Å². The van der Waals surface area contributed by atoms with Gasteiger partial charge < -0.3 is 37.2 Å². The van der Waals surface area contributed by atoms with Crippen LogP contribution in [0.3, 0.4) is 0 Å². The predicted octanol–water partition coefficient (Wildman–Crippen LogP) is 1.38. The van der Waals surface area contributed by atoms with E-state index in [2.05, 4.69) is 31.2 Å². The number of nitrogen functional groups attached to an aromatic ring is 1. The second-order valence-electron chi connectivity index (χ2n) is 10.3. The Morgan fingerprint density at radius 1 is 1.08 bits per heavy atom. The number of nitrogens with two attached hydrogens (primary N) is 1. The van der Waals surface area contributed by atoms with Gasteiger partial charge in [0.25, 0.3) is 11.5 Å². The lowest BCUT2D eigenvalue weighted by atomic mass is 9.57. The fourth-order valence-corrected chi connectivity index (χ4v) is 4.00. The highest BCUT2D eigenvalue weighted by Gasteiger charge is 2.59. The third-order valence-corrected chi connectivity index (χ3v) is 7.64. The normalized spacial score (nSPS) is 16.8. The molecule has 1 aliphatic rings. The van der Waals surface area contributed by atoms with E-state index in [-0.39, 0.29) is 23.1 Å². The molecule has 2 aromatic rings. The minimum Gasteiger partial charge on any atom is -0.481 e. The number of carboxylic acids is 2. The van der Waals surface area contributed by atoms with Crippen molar-refractivity contribution in [2.75, 3.05) is 34.8 Å². The summed E-state index contributed by atoms with van der Waals surface area (Å²) in [6, 6.07) is 6.26. The lowest BCUT2D eigenvalue weighted by molar-refractivity contribution is -0.165. The first-order valence-corrected chi connectivity index (χ1v) is 11.6. The maximum Gasteiger partial charge on any atom is 0.329 e. The van der Waals surface area contributed by atoms with Gasteiger partial charge in [0.1, 0.15) is 11.2 Å². The second-order valence-corrected chi connectivity index (χ2v) is 10.3. The molecule has 0 spiro atoms. The van der Waals surface area contributed by atoms with Gasteiger partial charge in [0.2, 0.25) is 5.95 Å². The average molecular weight is 516 g/mol. The summed E-state index contributed by atoms with van der Waals surface area (Å²) >= 11 is 0. The van der Waals surface area contributed by atoms with Gasteiger partial charge in [-0.2, -0.15) is 4.98 Å². The largest absolute Gasteiger partial charge is 0.481 e. The van der Waals surface area contributed by atoms with Gasteiger partial charge in [-0.1, -0.05) is 13.8 Å². The molecule has 9 N–H and O–H groups in total. The molecule has 3 rings (SSSR count). The van der Waals surface area contributed by atoms with Crippen LogP contribution >= 0.6 is 0 Å². The lowest BCUT2D eigenvalue weighted by Crippen LogP contribution is -2.66. The van der Waals surface area contributed by atoms with Gasteiger partial charge in [-0.3, -0.25) is 19.4 Å². The second kappa shape index (κ2) is 9.64. The molecule has 13 heteroatoms. The highest BCUT2D eigenvalue weighted by atomic mass is 16.4. The molecular formula is C24H33N7O6. The molecule has 0 bridgehead atoms. The summed E-state index contributed by atoms with van der Waals surface area (Å²) in [5.74, 6) is -2.75. The van der Waals surface area contributed by atoms with Crippen molar-refractivity contribution in [3.05, 3.63) is 40.2 Å². The summed E-state index contributed by atoms with van der Waals surface area (Å²) in [4.78, 5) is 55.7. The number of fused-ring (bicyclic) bond motifs is 1. The van der Waals surface area contributed by atoms with Crippen molar-refractivity contribution in [3.63, 3.8) is 0 Å². The van der Waals surface area contributed by atoms with Crippen molar-refractivity contribution >= 4 is 41.0 Å². The SMILES string of the molecule is CC(C)(C(=O)O)C(C)(C)C(C)(NC(=O)c1ccc(NCC2CNc3nc(N)[nH]c(=O)c3N2)cc1)C(=O)O. The number of anilines is 4. The zero-order chi connectivity index (χ0) is 27.8. The molecule has 1 aromatic heterocycles. The number of amides is 1. The number of aromatic nitrogens is 2. The van der Waals surface area contributed by atoms with Crippen LogP contribution < -0.4 is 32.6 Å². The number of hydrogen-bond acceptors (Lipinski definition) is 9. The summed E-state index contributed by atoms with van der Waals surface area (Å²) in [6.07, 6.45) is 0. The van der Waals surface area contributed by atoms with Crippen LogP contribution in [0.4, 0.5) is 23.1 Å². The number of carbonyl (C=O) groups is 3. The molecule has 37 heavy (non-hydrogen) atoms. The van der Waals surface area contributed by atoms with Crippen molar-refractivity contribution in [2.45, 2.75) is 46.2 Å². The molecule has 1 aliphatic heterocycles. The fourth-order valence-electron chi connectivity index (χ4n) is 4.00. The van der Waals surface area contributed by atoms with Gasteiger partial charge in [-0.25, -0.2) is 4.79 Å². The highest BCUT2D eigenvalue weighted by molar-refractivity contribution is 5.98. The number of carbonyl (C=O) groups excluding carboxylic acids is 1. The van der Waals surface area contributed by atoms with Crippen LogP contribution in [0.5, 0.6) is 0 Å². The van der Waals surface area contributed by atoms with Crippen LogP contribution in [0, 0.1) is 10.8 Å². The molecule has 0 radical (unpaired) electrons. The third-order valence-electron chi connectivity index (χ3n) is 7.64. The molecular weight excluding hydrogens is 482 g/mol. The van der Waals surface area contributed by atoms with Crippen molar-refractivity contribution in [1.82, 2.24) is 15.3 Å². The molecule has 0 saturated carbocycles. The fraction of sp³-hybridized carbons (Fsp3) is 0.458. The molecule has 0 aliphatic carbocycles. The maximum absolute atomic E-state index is 13.0. The maximum atomic E-state index is 13.0. The van der Waals surface area contributed by atoms with Gasteiger partial charge in [0.15, 0.2) is 5.82 Å². The van der Waals surface area contributed by atoms with E-state index in [1.54, 1.807) is 12.1 Å². The topological polar surface area (TPSA) is 212 Å². The number of carboxylic acid groups (broad SMARTS) is 2. The van der Waals surface area contributed by atoms with Gasteiger partial charge in [0.05, 0.1) is 11.5 Å². The molecule has 0 fully saturated rings. The van der Waals surface area contributed by atoms with E-state index in [1.807, 2.05) is 0 Å². The number of benzene rings is 1. The number of rotatable bonds is 9. The summed E-state index contributed by atoms with van der Waals surface area (Å²) in [5.41, 5.74) is 1.69. The van der Waals surface area contributed by atoms with E-state index >= 15 is 0 Å². The molecule has 1 aromatic carbocycles. The van der Waals surface area contributed by atoms with Crippen LogP contribution in [0.1, 0.15) is 45.0 Å². The van der Waals surface area contributed by atoms with Crippen LogP contribution in [0.15, 0.2) is 29.1 Å². The number of nitrogens with one attached hydrogen (secondary N) is 5. The van der Waals surface area contributed by atoms with Gasteiger partial charge in [-0.05, 0) is 45.0 Å². The number of H-pyrrole nitrogens is 1. The summed E-state index contributed by atoms with van der Waals surface area (Å²) in [5, 5.41) is 31.6. The molecule has 1 amide bonds. The predicted molar refractivity (Wildman–Crippen MR) is 139 cm³/mol. The van der Waals surface area contributed by atoms with E-state index in [9.17, 15) is 29.4 Å². The Morgan fingerprint density at radius 2 is 1.70 bits per heavy atom. The molecule has 200 valence electrons. The smallest absolute Gasteiger partial charge is 0.329 e. The van der Waals surface area contributed by atoms with Gasteiger partial charge in [-0.15, -0.1) is 0 Å². The number of hydrogen-bond donors (Lipinski definition) is 8. The summed E-state index contributed by atoms with van der Waals surface area (Å²) < 4.78 is 0. The van der Waals surface area contributed by atoms with Crippen molar-refractivity contribution in [1.29, 1.82) is 0 Å². The van der Waals surface area contributed by atoms with Crippen molar-refractivity contribution in [3.8, 4) is 0 Å². The molecule has 13 nitrogen and oxygen atoms in total. The summed E-state index contributed by atoms with van der Waals surface area (Å²) in [6.45, 7) is 8.12. The third kappa shape index (κ3) is 5.01. The van der Waals surface area contributed by atoms with E-state index < -0.39 is 34.2 Å². The van der Waals surface area contributed by atoms with Gasteiger partial charge >= 0.3 is 11.9 Å². The Labute approximate surface area is 213 Å². The Balaban J connectivity index is 1.68. The lowest BCUT2D eigenvalue weighted by Gasteiger charge is -2.49. The zero-order valence-corrected chi connectivity index (χ0v) is 21.4. The number of aliphatic carboxylic acids is 2. The van der Waals surface area contributed by atoms with Gasteiger partial charge in [0, 0.05) is 29.8 Å². The Bertz CT molecular complexity index is 1270. The molecule has 0 saturated heterocycles. The van der Waals surface area contributed by atoms with Crippen molar-refractivity contribution in [2.24, 2.45) is 10.8 Å². The monoisotopic (exact) mass is 515 g/mol. The quantitative estimate of drug-likeness (QED) is 0.239. The molecule has 2 heterocycles. The van der Waals surface area contributed by atoms with E-state index in [4.69, 9.17) is 5.73 Å². The number of aromatic amines is 1. The Morgan fingerprint density at radius 3 is 2.27 bits per heavy atom.